The monoisotopic (exact) mass is 321 g/mol. The van der Waals surface area contributed by atoms with Gasteiger partial charge in [-0.15, -0.1) is 0 Å². The van der Waals surface area contributed by atoms with E-state index in [1.165, 1.54) is 0 Å². The van der Waals surface area contributed by atoms with Crippen molar-refractivity contribution >= 4 is 11.9 Å². The number of carboxylic acid groups (broad SMARTS) is 1. The van der Waals surface area contributed by atoms with Gasteiger partial charge >= 0.3 is 5.97 Å². The molecule has 0 saturated carbocycles. The topological polar surface area (TPSA) is 87.1 Å². The van der Waals surface area contributed by atoms with Gasteiger partial charge in [0.15, 0.2) is 5.60 Å². The molecule has 23 heavy (non-hydrogen) atoms. The number of rotatable bonds is 5. The van der Waals surface area contributed by atoms with Gasteiger partial charge in [0.1, 0.15) is 5.75 Å². The number of benzene rings is 1. The summed E-state index contributed by atoms with van der Waals surface area (Å²) in [6, 6.07) is 7.61. The molecule has 1 heterocycles. The smallest absolute Gasteiger partial charge is 0.335 e. The molecule has 0 aromatic heterocycles. The van der Waals surface area contributed by atoms with Crippen molar-refractivity contribution in [2.75, 3.05) is 20.2 Å². The number of piperidine rings is 1. The summed E-state index contributed by atoms with van der Waals surface area (Å²) in [5, 5.41) is 18.9. The number of carbonyl (C=O) groups is 2. The minimum absolute atomic E-state index is 0.0132. The Labute approximate surface area is 135 Å². The fourth-order valence-electron chi connectivity index (χ4n) is 2.78. The van der Waals surface area contributed by atoms with Crippen molar-refractivity contribution in [2.45, 2.75) is 37.7 Å². The first kappa shape index (κ1) is 17.3. The molecule has 2 rings (SSSR count). The van der Waals surface area contributed by atoms with Crippen LogP contribution in [0.25, 0.3) is 0 Å². The number of hydrogen-bond donors (Lipinski definition) is 2. The van der Waals surface area contributed by atoms with E-state index in [9.17, 15) is 14.7 Å². The Morgan fingerprint density at radius 1 is 1.26 bits per heavy atom. The van der Waals surface area contributed by atoms with E-state index < -0.39 is 11.6 Å². The fourth-order valence-corrected chi connectivity index (χ4v) is 2.78. The first-order valence-electron chi connectivity index (χ1n) is 7.73. The van der Waals surface area contributed by atoms with Crippen LogP contribution in [0.3, 0.4) is 0 Å². The minimum atomic E-state index is -1.70. The van der Waals surface area contributed by atoms with Gasteiger partial charge in [-0.1, -0.05) is 19.1 Å². The molecule has 1 aliphatic heterocycles. The summed E-state index contributed by atoms with van der Waals surface area (Å²) in [6.45, 7) is 2.53. The van der Waals surface area contributed by atoms with Crippen LogP contribution < -0.4 is 4.74 Å². The third-order valence-electron chi connectivity index (χ3n) is 4.51. The number of aliphatic carboxylic acids is 1. The van der Waals surface area contributed by atoms with Crippen molar-refractivity contribution in [1.29, 1.82) is 0 Å². The van der Waals surface area contributed by atoms with Crippen LogP contribution >= 0.6 is 0 Å². The van der Waals surface area contributed by atoms with Crippen LogP contribution in [0.5, 0.6) is 5.75 Å². The molecule has 0 radical (unpaired) electrons. The molecule has 1 aliphatic rings. The fraction of sp³-hybridized carbons (Fsp3) is 0.529. The molecule has 1 unspecified atom stereocenters. The van der Waals surface area contributed by atoms with E-state index in [0.29, 0.717) is 6.42 Å². The van der Waals surface area contributed by atoms with E-state index in [2.05, 4.69) is 0 Å². The highest BCUT2D eigenvalue weighted by atomic mass is 16.5. The summed E-state index contributed by atoms with van der Waals surface area (Å²) in [5.74, 6) is -0.387. The predicted molar refractivity (Wildman–Crippen MR) is 84.4 cm³/mol. The van der Waals surface area contributed by atoms with E-state index in [1.807, 2.05) is 31.2 Å². The molecule has 126 valence electrons. The van der Waals surface area contributed by atoms with Crippen LogP contribution in [0.15, 0.2) is 24.3 Å². The third-order valence-corrected chi connectivity index (χ3v) is 4.51. The normalized spacial score (nSPS) is 18.3. The van der Waals surface area contributed by atoms with Crippen molar-refractivity contribution in [3.05, 3.63) is 29.8 Å². The first-order valence-corrected chi connectivity index (χ1v) is 7.73. The van der Waals surface area contributed by atoms with Crippen molar-refractivity contribution in [2.24, 2.45) is 0 Å². The van der Waals surface area contributed by atoms with Gasteiger partial charge in [-0.2, -0.15) is 0 Å². The van der Waals surface area contributed by atoms with Crippen molar-refractivity contribution < 1.29 is 24.5 Å². The van der Waals surface area contributed by atoms with Gasteiger partial charge in [0.25, 0.3) is 0 Å². The van der Waals surface area contributed by atoms with Gasteiger partial charge in [0.2, 0.25) is 5.91 Å². The first-order chi connectivity index (χ1) is 10.9. The number of nitrogens with zero attached hydrogens (tertiary/aromatic N) is 1. The molecular weight excluding hydrogens is 298 g/mol. The lowest BCUT2D eigenvalue weighted by atomic mass is 9.90. The largest absolute Gasteiger partial charge is 0.497 e. The highest BCUT2D eigenvalue weighted by Gasteiger charge is 2.40. The molecule has 1 aromatic rings. The van der Waals surface area contributed by atoms with E-state index in [0.717, 1.165) is 11.3 Å². The standard InChI is InChI=1S/C17H23NO5/c1-12(13-3-5-14(23-2)6-4-13)11-15(19)18-9-7-17(22,8-10-18)16(20)21/h3-6,12,22H,7-11H2,1-2H3,(H,20,21). The number of amides is 1. The Balaban J connectivity index is 1.90. The third kappa shape index (κ3) is 4.01. The Kier molecular flexibility index (Phi) is 5.26. The quantitative estimate of drug-likeness (QED) is 0.860. The van der Waals surface area contributed by atoms with Crippen molar-refractivity contribution in [3.8, 4) is 5.75 Å². The maximum atomic E-state index is 12.4. The van der Waals surface area contributed by atoms with E-state index in [-0.39, 0.29) is 37.8 Å². The molecular formula is C17H23NO5. The number of aliphatic hydroxyl groups is 1. The molecule has 1 atom stereocenters. The zero-order valence-electron chi connectivity index (χ0n) is 13.5. The van der Waals surface area contributed by atoms with Crippen LogP contribution in [-0.4, -0.2) is 52.8 Å². The Morgan fingerprint density at radius 3 is 2.30 bits per heavy atom. The summed E-state index contributed by atoms with van der Waals surface area (Å²) in [6.07, 6.45) is 0.508. The molecule has 1 amide bonds. The Bertz CT molecular complexity index is 561. The SMILES string of the molecule is COc1ccc(C(C)CC(=O)N2CCC(O)(C(=O)O)CC2)cc1. The molecule has 1 saturated heterocycles. The lowest BCUT2D eigenvalue weighted by Crippen LogP contribution is -2.50. The summed E-state index contributed by atoms with van der Waals surface area (Å²) in [7, 11) is 1.61. The molecule has 0 aliphatic carbocycles. The molecule has 6 nitrogen and oxygen atoms in total. The van der Waals surface area contributed by atoms with Gasteiger partial charge in [0.05, 0.1) is 7.11 Å². The summed E-state index contributed by atoms with van der Waals surface area (Å²) in [5.41, 5.74) is -0.642. The number of ether oxygens (including phenoxy) is 1. The molecule has 6 heteroatoms. The van der Waals surface area contributed by atoms with Crippen LogP contribution in [-0.2, 0) is 9.59 Å². The highest BCUT2D eigenvalue weighted by molar-refractivity contribution is 5.80. The van der Waals surface area contributed by atoms with Crippen LogP contribution in [0.4, 0.5) is 0 Å². The Hall–Kier alpha value is -2.08. The average Bonchev–Trinajstić information content (AvgIpc) is 2.55. The van der Waals surface area contributed by atoms with Gasteiger partial charge in [-0.05, 0) is 23.6 Å². The molecule has 1 aromatic carbocycles. The minimum Gasteiger partial charge on any atom is -0.497 e. The van der Waals surface area contributed by atoms with Gasteiger partial charge in [-0.25, -0.2) is 4.79 Å². The van der Waals surface area contributed by atoms with E-state index in [4.69, 9.17) is 9.84 Å². The second-order valence-corrected chi connectivity index (χ2v) is 6.10. The maximum absolute atomic E-state index is 12.4. The number of likely N-dealkylation sites (tertiary alicyclic amines) is 1. The maximum Gasteiger partial charge on any atom is 0.335 e. The lowest BCUT2D eigenvalue weighted by Gasteiger charge is -2.35. The molecule has 0 spiro atoms. The number of hydrogen-bond acceptors (Lipinski definition) is 4. The van der Waals surface area contributed by atoms with Crippen LogP contribution in [0.2, 0.25) is 0 Å². The van der Waals surface area contributed by atoms with Crippen LogP contribution in [0.1, 0.15) is 37.7 Å². The molecule has 2 N–H and O–H groups in total. The summed E-state index contributed by atoms with van der Waals surface area (Å²) in [4.78, 5) is 25.0. The van der Waals surface area contributed by atoms with Crippen molar-refractivity contribution in [3.63, 3.8) is 0 Å². The van der Waals surface area contributed by atoms with E-state index >= 15 is 0 Å². The zero-order chi connectivity index (χ0) is 17.0. The number of carboxylic acids is 1. The van der Waals surface area contributed by atoms with E-state index in [1.54, 1.807) is 12.0 Å². The second-order valence-electron chi connectivity index (χ2n) is 6.10. The predicted octanol–water partition coefficient (Wildman–Crippen LogP) is 1.63. The Morgan fingerprint density at radius 2 is 1.83 bits per heavy atom. The van der Waals surface area contributed by atoms with Gasteiger partial charge in [-0.3, -0.25) is 4.79 Å². The summed E-state index contributed by atoms with van der Waals surface area (Å²) >= 11 is 0. The van der Waals surface area contributed by atoms with Crippen molar-refractivity contribution in [1.82, 2.24) is 4.90 Å². The van der Waals surface area contributed by atoms with Crippen LogP contribution in [0, 0.1) is 0 Å². The highest BCUT2D eigenvalue weighted by Crippen LogP contribution is 2.26. The lowest BCUT2D eigenvalue weighted by molar-refractivity contribution is -0.165. The number of methoxy groups -OCH3 is 1. The summed E-state index contributed by atoms with van der Waals surface area (Å²) < 4.78 is 5.12. The molecule has 0 bridgehead atoms. The zero-order valence-corrected chi connectivity index (χ0v) is 13.5. The van der Waals surface area contributed by atoms with Gasteiger partial charge < -0.3 is 19.8 Å². The average molecular weight is 321 g/mol. The number of carbonyl (C=O) groups excluding carboxylic acids is 1. The molecule has 1 fully saturated rings. The second kappa shape index (κ2) is 7.00. The van der Waals surface area contributed by atoms with Gasteiger partial charge in [0, 0.05) is 32.4 Å².